The van der Waals surface area contributed by atoms with Crippen LogP contribution in [0.3, 0.4) is 0 Å². The lowest BCUT2D eigenvalue weighted by molar-refractivity contribution is 1.46. The van der Waals surface area contributed by atoms with Gasteiger partial charge in [-0.3, -0.25) is 5.41 Å². The van der Waals surface area contributed by atoms with Gasteiger partial charge in [0.05, 0.1) is 3.70 Å². The molecule has 0 radical (unpaired) electrons. The quantitative estimate of drug-likeness (QED) is 0.347. The molecule has 0 saturated heterocycles. The van der Waals surface area contributed by atoms with Crippen molar-refractivity contribution in [3.8, 4) is 0 Å². The van der Waals surface area contributed by atoms with Crippen molar-refractivity contribution in [2.75, 3.05) is 5.32 Å². The topological polar surface area (TPSA) is 61.9 Å². The molecule has 0 aromatic heterocycles. The number of benzene rings is 1. The van der Waals surface area contributed by atoms with E-state index in [1.807, 2.05) is 12.1 Å². The summed E-state index contributed by atoms with van der Waals surface area (Å²) < 4.78 is 0.789. The van der Waals surface area contributed by atoms with Crippen molar-refractivity contribution in [2.24, 2.45) is 5.73 Å². The molecule has 0 aliphatic heterocycles. The van der Waals surface area contributed by atoms with Crippen LogP contribution < -0.4 is 11.1 Å². The first-order valence-electron chi connectivity index (χ1n) is 3.82. The Bertz CT molecular complexity index is 359. The minimum absolute atomic E-state index is 0.0239. The largest absolute Gasteiger partial charge is 0.384 e. The molecule has 0 bridgehead atoms. The Hall–Kier alpha value is -0.750. The summed E-state index contributed by atoms with van der Waals surface area (Å²) in [5.41, 5.74) is 6.13. The Morgan fingerprint density at radius 3 is 2.50 bits per heavy atom. The van der Waals surface area contributed by atoms with E-state index in [0.29, 0.717) is 5.02 Å². The molecular weight excluding hydrogens is 312 g/mol. The monoisotopic (exact) mass is 321 g/mol. The van der Waals surface area contributed by atoms with Crippen LogP contribution in [0.1, 0.15) is 0 Å². The molecule has 74 valence electrons. The first kappa shape index (κ1) is 11.3. The second kappa shape index (κ2) is 5.21. The summed E-state index contributed by atoms with van der Waals surface area (Å²) in [6.07, 6.45) is 1.54. The van der Waals surface area contributed by atoms with Gasteiger partial charge in [-0.15, -0.1) is 0 Å². The van der Waals surface area contributed by atoms with Crippen LogP contribution >= 0.6 is 34.2 Å². The Labute approximate surface area is 101 Å². The van der Waals surface area contributed by atoms with E-state index in [1.54, 1.807) is 12.1 Å². The van der Waals surface area contributed by atoms with Crippen molar-refractivity contribution < 1.29 is 0 Å². The maximum absolute atomic E-state index is 7.06. The average Bonchev–Trinajstić information content (AvgIpc) is 2.07. The van der Waals surface area contributed by atoms with Crippen molar-refractivity contribution >= 4 is 45.7 Å². The third-order valence-electron chi connectivity index (χ3n) is 1.39. The zero-order chi connectivity index (χ0) is 10.6. The molecule has 0 aliphatic rings. The van der Waals surface area contributed by atoms with Crippen LogP contribution in [-0.4, -0.2) is 5.84 Å². The molecule has 1 rings (SSSR count). The van der Waals surface area contributed by atoms with E-state index in [2.05, 4.69) is 27.9 Å². The lowest BCUT2D eigenvalue weighted by atomic mass is 10.3. The molecule has 1 aromatic carbocycles. The summed E-state index contributed by atoms with van der Waals surface area (Å²) in [7, 11) is 0. The van der Waals surface area contributed by atoms with Crippen molar-refractivity contribution in [3.05, 3.63) is 39.1 Å². The van der Waals surface area contributed by atoms with Crippen molar-refractivity contribution in [2.45, 2.75) is 0 Å². The van der Waals surface area contributed by atoms with E-state index in [1.165, 1.54) is 6.08 Å². The molecule has 0 heterocycles. The van der Waals surface area contributed by atoms with Gasteiger partial charge in [0.1, 0.15) is 5.84 Å². The highest BCUT2D eigenvalue weighted by Crippen LogP contribution is 2.17. The number of anilines is 1. The smallest absolute Gasteiger partial charge is 0.117 e. The van der Waals surface area contributed by atoms with Gasteiger partial charge in [0.2, 0.25) is 0 Å². The highest BCUT2D eigenvalue weighted by molar-refractivity contribution is 14.1. The van der Waals surface area contributed by atoms with E-state index < -0.39 is 0 Å². The minimum atomic E-state index is 0.0239. The molecule has 1 aromatic rings. The van der Waals surface area contributed by atoms with Crippen LogP contribution in [0, 0.1) is 5.41 Å². The third kappa shape index (κ3) is 3.97. The summed E-state index contributed by atoms with van der Waals surface area (Å²) in [6, 6.07) is 7.30. The second-order valence-corrected chi connectivity index (χ2v) is 4.18. The van der Waals surface area contributed by atoms with Gasteiger partial charge < -0.3 is 11.1 Å². The Balaban J connectivity index is 2.69. The van der Waals surface area contributed by atoms with Crippen LogP contribution in [0.5, 0.6) is 0 Å². The fourth-order valence-corrected chi connectivity index (χ4v) is 1.62. The molecule has 0 aliphatic carbocycles. The lowest BCUT2D eigenvalue weighted by Gasteiger charge is -2.04. The van der Waals surface area contributed by atoms with Gasteiger partial charge >= 0.3 is 0 Å². The maximum Gasteiger partial charge on any atom is 0.117 e. The summed E-state index contributed by atoms with van der Waals surface area (Å²) in [6.45, 7) is 0. The minimum Gasteiger partial charge on any atom is -0.384 e. The first-order chi connectivity index (χ1) is 6.58. The van der Waals surface area contributed by atoms with Crippen LogP contribution in [0.15, 0.2) is 34.0 Å². The second-order valence-electron chi connectivity index (χ2n) is 2.58. The van der Waals surface area contributed by atoms with Gasteiger partial charge in [-0.2, -0.15) is 0 Å². The Kier molecular flexibility index (Phi) is 4.21. The van der Waals surface area contributed by atoms with Gasteiger partial charge in [-0.1, -0.05) is 11.6 Å². The maximum atomic E-state index is 7.06. The van der Waals surface area contributed by atoms with Crippen molar-refractivity contribution in [3.63, 3.8) is 0 Å². The number of rotatable bonds is 3. The standard InChI is InChI=1S/C9H9ClIN3/c10-6-1-3-7(4-2-6)14-8(11)5-9(12)13/h1-5,14H,(H3,12,13)/b8-5-. The molecule has 14 heavy (non-hydrogen) atoms. The number of hydrogen-bond donors (Lipinski definition) is 3. The van der Waals surface area contributed by atoms with Gasteiger partial charge in [0.25, 0.3) is 0 Å². The van der Waals surface area contributed by atoms with Crippen LogP contribution in [0.2, 0.25) is 5.02 Å². The van der Waals surface area contributed by atoms with E-state index in [0.717, 1.165) is 9.39 Å². The lowest BCUT2D eigenvalue weighted by Crippen LogP contribution is -2.07. The van der Waals surface area contributed by atoms with E-state index >= 15 is 0 Å². The van der Waals surface area contributed by atoms with Crippen LogP contribution in [0.4, 0.5) is 5.69 Å². The molecule has 0 unspecified atom stereocenters. The Morgan fingerprint density at radius 2 is 2.00 bits per heavy atom. The van der Waals surface area contributed by atoms with Gasteiger partial charge in [-0.25, -0.2) is 0 Å². The molecule has 0 amide bonds. The highest BCUT2D eigenvalue weighted by atomic mass is 127. The van der Waals surface area contributed by atoms with Crippen LogP contribution in [-0.2, 0) is 0 Å². The average molecular weight is 322 g/mol. The van der Waals surface area contributed by atoms with Crippen LogP contribution in [0.25, 0.3) is 0 Å². The predicted molar refractivity (Wildman–Crippen MR) is 69.1 cm³/mol. The first-order valence-corrected chi connectivity index (χ1v) is 5.27. The van der Waals surface area contributed by atoms with E-state index in [9.17, 15) is 0 Å². The van der Waals surface area contributed by atoms with Crippen molar-refractivity contribution in [1.29, 1.82) is 5.41 Å². The molecule has 0 atom stereocenters. The number of nitrogens with one attached hydrogen (secondary N) is 2. The molecule has 5 heteroatoms. The van der Waals surface area contributed by atoms with Crippen molar-refractivity contribution in [1.82, 2.24) is 0 Å². The van der Waals surface area contributed by atoms with E-state index in [-0.39, 0.29) is 5.84 Å². The number of halogens is 2. The third-order valence-corrected chi connectivity index (χ3v) is 2.22. The summed E-state index contributed by atoms with van der Waals surface area (Å²) in [4.78, 5) is 0. The van der Waals surface area contributed by atoms with Gasteiger partial charge in [0, 0.05) is 16.8 Å². The summed E-state index contributed by atoms with van der Waals surface area (Å²) >= 11 is 7.80. The molecule has 0 saturated carbocycles. The van der Waals surface area contributed by atoms with Gasteiger partial charge in [-0.05, 0) is 46.9 Å². The van der Waals surface area contributed by atoms with E-state index in [4.69, 9.17) is 22.7 Å². The summed E-state index contributed by atoms with van der Waals surface area (Å²) in [5.74, 6) is 0.0239. The number of hydrogen-bond acceptors (Lipinski definition) is 2. The molecular formula is C9H9ClIN3. The van der Waals surface area contributed by atoms with Gasteiger partial charge in [0.15, 0.2) is 0 Å². The fraction of sp³-hybridized carbons (Fsp3) is 0. The zero-order valence-corrected chi connectivity index (χ0v) is 10.1. The normalized spacial score (nSPS) is 11.1. The number of nitrogens with two attached hydrogens (primary N) is 1. The molecule has 4 N–H and O–H groups in total. The molecule has 3 nitrogen and oxygen atoms in total. The fourth-order valence-electron chi connectivity index (χ4n) is 0.844. The zero-order valence-electron chi connectivity index (χ0n) is 7.22. The number of amidine groups is 1. The Morgan fingerprint density at radius 1 is 1.43 bits per heavy atom. The molecule has 0 spiro atoms. The molecule has 0 fully saturated rings. The summed E-state index contributed by atoms with van der Waals surface area (Å²) in [5, 5.41) is 10.8. The SMILES string of the molecule is N=C(N)/C=C(/I)Nc1ccc(Cl)cc1. The highest BCUT2D eigenvalue weighted by Gasteiger charge is 1.94. The predicted octanol–water partition coefficient (Wildman–Crippen LogP) is 2.96.